The highest BCUT2D eigenvalue weighted by molar-refractivity contribution is 7.86. The van der Waals surface area contributed by atoms with Crippen LogP contribution in [0.25, 0.3) is 10.8 Å². The summed E-state index contributed by atoms with van der Waals surface area (Å²) in [5.41, 5.74) is -1.89. The summed E-state index contributed by atoms with van der Waals surface area (Å²) in [4.78, 5) is 17.6. The van der Waals surface area contributed by atoms with Gasteiger partial charge in [0.05, 0.1) is 15.2 Å². The number of nitrogens with zero attached hydrogens (tertiary/aromatic N) is 2. The molecule has 0 saturated carbocycles. The smallest absolute Gasteiger partial charge is 0.282 e. The molecule has 0 unspecified atom stereocenters. The minimum Gasteiger partial charge on any atom is -0.282 e. The van der Waals surface area contributed by atoms with Gasteiger partial charge in [-0.2, -0.15) is 16.8 Å². The Bertz CT molecular complexity index is 1100. The molecule has 0 atom stereocenters. The first-order chi connectivity index (χ1) is 10.8. The van der Waals surface area contributed by atoms with Gasteiger partial charge in [-0.15, -0.1) is 0 Å². The maximum atomic E-state index is 11.5. The lowest BCUT2D eigenvalue weighted by Crippen LogP contribution is -2.06. The van der Waals surface area contributed by atoms with Crippen molar-refractivity contribution in [1.82, 2.24) is 0 Å². The molecule has 2 rings (SSSR count). The highest BCUT2D eigenvalue weighted by Crippen LogP contribution is 2.38. The zero-order valence-electron chi connectivity index (χ0n) is 11.2. The number of hydrogen-bond acceptors (Lipinski definition) is 8. The molecule has 2 aromatic rings. The molecule has 0 spiro atoms. The summed E-state index contributed by atoms with van der Waals surface area (Å²) in [7, 11) is -10.2. The number of benzene rings is 2. The first-order valence-corrected chi connectivity index (χ1v) is 8.56. The van der Waals surface area contributed by atoms with Gasteiger partial charge in [0.1, 0.15) is 9.79 Å². The van der Waals surface area contributed by atoms with E-state index in [1.807, 2.05) is 0 Å². The molecule has 128 valence electrons. The quantitative estimate of drug-likeness (QED) is 0.442. The number of nitro groups is 2. The third-order valence-electron chi connectivity index (χ3n) is 2.96. The summed E-state index contributed by atoms with van der Waals surface area (Å²) in [6, 6.07) is 2.07. The van der Waals surface area contributed by atoms with E-state index in [1.165, 1.54) is 0 Å². The molecule has 0 radical (unpaired) electrons. The maximum absolute atomic E-state index is 11.5. The second-order valence-corrected chi connectivity index (χ2v) is 7.19. The van der Waals surface area contributed by atoms with Gasteiger partial charge in [-0.3, -0.25) is 29.3 Å². The van der Waals surface area contributed by atoms with Crippen LogP contribution >= 0.6 is 0 Å². The van der Waals surface area contributed by atoms with Gasteiger partial charge in [-0.25, -0.2) is 0 Å². The van der Waals surface area contributed by atoms with Gasteiger partial charge in [-0.1, -0.05) is 0 Å². The predicted octanol–water partition coefficient (Wildman–Crippen LogP) is 1.15. The Morgan fingerprint density at radius 3 is 1.79 bits per heavy atom. The Balaban J connectivity index is 3.26. The summed E-state index contributed by atoms with van der Waals surface area (Å²) < 4.78 is 64.0. The van der Waals surface area contributed by atoms with Gasteiger partial charge in [0.2, 0.25) is 0 Å². The van der Waals surface area contributed by atoms with E-state index in [-0.39, 0.29) is 0 Å². The molecule has 24 heavy (non-hydrogen) atoms. The van der Waals surface area contributed by atoms with Crippen molar-refractivity contribution in [2.75, 3.05) is 0 Å². The summed E-state index contributed by atoms with van der Waals surface area (Å²) in [6.07, 6.45) is 0. The Labute approximate surface area is 133 Å². The molecule has 2 aromatic carbocycles. The van der Waals surface area contributed by atoms with Gasteiger partial charge in [0.15, 0.2) is 0 Å². The van der Waals surface area contributed by atoms with Crippen molar-refractivity contribution in [2.45, 2.75) is 9.79 Å². The number of nitro benzene ring substituents is 2. The zero-order chi connectivity index (χ0) is 18.4. The number of fused-ring (bicyclic) bond motifs is 1. The van der Waals surface area contributed by atoms with Crippen LogP contribution in [0.15, 0.2) is 34.1 Å². The van der Waals surface area contributed by atoms with Crippen LogP contribution in [0.2, 0.25) is 0 Å². The lowest BCUT2D eigenvalue weighted by molar-refractivity contribution is -0.385. The van der Waals surface area contributed by atoms with Gasteiger partial charge in [0.25, 0.3) is 31.6 Å². The van der Waals surface area contributed by atoms with Crippen LogP contribution in [-0.2, 0) is 20.2 Å². The van der Waals surface area contributed by atoms with Crippen molar-refractivity contribution in [1.29, 1.82) is 0 Å². The molecule has 0 aliphatic rings. The minimum absolute atomic E-state index is 0.346. The van der Waals surface area contributed by atoms with Crippen LogP contribution in [0.3, 0.4) is 0 Å². The molecule has 0 saturated heterocycles. The van der Waals surface area contributed by atoms with Crippen molar-refractivity contribution in [2.24, 2.45) is 0 Å². The fraction of sp³-hybridized carbons (Fsp3) is 0. The molecule has 2 N–H and O–H groups in total. The molecule has 0 bridgehead atoms. The third-order valence-corrected chi connectivity index (χ3v) is 4.75. The summed E-state index contributed by atoms with van der Waals surface area (Å²) >= 11 is 0. The van der Waals surface area contributed by atoms with Crippen LogP contribution in [0.5, 0.6) is 0 Å². The molecule has 0 aliphatic carbocycles. The van der Waals surface area contributed by atoms with E-state index >= 15 is 0 Å². The van der Waals surface area contributed by atoms with Crippen LogP contribution in [0.4, 0.5) is 11.4 Å². The third kappa shape index (κ3) is 3.02. The predicted molar refractivity (Wildman–Crippen MR) is 76.9 cm³/mol. The summed E-state index contributed by atoms with van der Waals surface area (Å²) in [5.74, 6) is 0. The van der Waals surface area contributed by atoms with Crippen LogP contribution in [0, 0.1) is 20.2 Å². The lowest BCUT2D eigenvalue weighted by atomic mass is 10.1. The molecular formula is C10H6N2O10S2. The van der Waals surface area contributed by atoms with Crippen molar-refractivity contribution >= 4 is 42.4 Å². The number of non-ortho nitro benzene ring substituents is 2. The van der Waals surface area contributed by atoms with E-state index in [2.05, 4.69) is 0 Å². The highest BCUT2D eigenvalue weighted by Gasteiger charge is 2.30. The van der Waals surface area contributed by atoms with Gasteiger partial charge in [-0.05, 0) is 6.07 Å². The molecule has 0 fully saturated rings. The molecular weight excluding hydrogens is 372 g/mol. The first kappa shape index (κ1) is 17.7. The Morgan fingerprint density at radius 1 is 0.833 bits per heavy atom. The average molecular weight is 378 g/mol. The fourth-order valence-electron chi connectivity index (χ4n) is 2.07. The monoisotopic (exact) mass is 378 g/mol. The molecule has 0 heterocycles. The van der Waals surface area contributed by atoms with Crippen molar-refractivity contribution in [3.05, 3.63) is 44.5 Å². The molecule has 0 aromatic heterocycles. The molecule has 14 heteroatoms. The molecule has 0 aliphatic heterocycles. The van der Waals surface area contributed by atoms with Crippen LogP contribution in [-0.4, -0.2) is 35.8 Å². The van der Waals surface area contributed by atoms with E-state index in [9.17, 15) is 41.6 Å². The van der Waals surface area contributed by atoms with Crippen LogP contribution < -0.4 is 0 Å². The van der Waals surface area contributed by atoms with Gasteiger partial charge < -0.3 is 0 Å². The van der Waals surface area contributed by atoms with E-state index in [0.717, 1.165) is 0 Å². The van der Waals surface area contributed by atoms with Crippen molar-refractivity contribution in [3.8, 4) is 0 Å². The fourth-order valence-corrected chi connectivity index (χ4v) is 3.49. The Kier molecular flexibility index (Phi) is 4.01. The minimum atomic E-state index is -5.19. The van der Waals surface area contributed by atoms with Gasteiger partial charge in [0, 0.05) is 23.6 Å². The topological polar surface area (TPSA) is 195 Å². The Hall–Kier alpha value is -2.68. The van der Waals surface area contributed by atoms with Crippen molar-refractivity contribution in [3.63, 3.8) is 0 Å². The van der Waals surface area contributed by atoms with E-state index in [0.29, 0.717) is 24.3 Å². The first-order valence-electron chi connectivity index (χ1n) is 5.68. The van der Waals surface area contributed by atoms with E-state index in [1.54, 1.807) is 0 Å². The maximum Gasteiger partial charge on any atom is 0.295 e. The zero-order valence-corrected chi connectivity index (χ0v) is 12.8. The number of rotatable bonds is 4. The summed E-state index contributed by atoms with van der Waals surface area (Å²) in [5, 5.41) is 20.3. The van der Waals surface area contributed by atoms with Crippen molar-refractivity contribution < 1.29 is 35.8 Å². The molecule has 12 nitrogen and oxygen atoms in total. The van der Waals surface area contributed by atoms with Crippen LogP contribution in [0.1, 0.15) is 0 Å². The van der Waals surface area contributed by atoms with Gasteiger partial charge >= 0.3 is 0 Å². The highest BCUT2D eigenvalue weighted by atomic mass is 32.2. The Morgan fingerprint density at radius 2 is 1.38 bits per heavy atom. The second-order valence-electron chi connectivity index (χ2n) is 4.41. The summed E-state index contributed by atoms with van der Waals surface area (Å²) in [6.45, 7) is 0. The number of hydrogen-bond donors (Lipinski definition) is 2. The van der Waals surface area contributed by atoms with E-state index < -0.39 is 62.0 Å². The average Bonchev–Trinajstić information content (AvgIpc) is 2.42. The van der Waals surface area contributed by atoms with E-state index in [4.69, 9.17) is 4.55 Å². The largest absolute Gasteiger partial charge is 0.295 e. The standard InChI is InChI=1S/C10H6N2O10S2/c13-11(14)5-3-6-8(23(17,18)19)2-1-7(12(15)16)10(6)9(4-5)24(20,21)22/h1-4H,(H,17,18,19)(H,20,21,22). The SMILES string of the molecule is O=[N+]([O-])c1cc(S(=O)(=O)O)c2c([N+](=O)[O-])ccc(S(=O)(=O)O)c2c1. The lowest BCUT2D eigenvalue weighted by Gasteiger charge is -2.08. The second kappa shape index (κ2) is 5.45. The molecule has 0 amide bonds. The normalized spacial score (nSPS) is 12.2.